The van der Waals surface area contributed by atoms with Crippen molar-refractivity contribution >= 4 is 34.4 Å². The molecule has 4 aromatic rings. The van der Waals surface area contributed by atoms with Crippen molar-refractivity contribution in [1.82, 2.24) is 18.7 Å². The van der Waals surface area contributed by atoms with Crippen LogP contribution in [0.25, 0.3) is 16.9 Å². The summed E-state index contributed by atoms with van der Waals surface area (Å²) in [4.78, 5) is 30.7. The summed E-state index contributed by atoms with van der Waals surface area (Å²) >= 11 is 12.1. The molecule has 2 aromatic heterocycles. The molecule has 0 unspecified atom stereocenters. The molecule has 0 saturated carbocycles. The summed E-state index contributed by atoms with van der Waals surface area (Å²) in [6.45, 7) is 3.81. The van der Waals surface area contributed by atoms with Crippen LogP contribution in [0.1, 0.15) is 25.5 Å². The maximum Gasteiger partial charge on any atom is 0.337 e. The minimum atomic E-state index is -0.533. The Hall–Kier alpha value is -2.90. The standard InChI is InChI=1S/C21H17Cl2FN4O2/c1-12(2)27-20(29)18-19(28(21(27)30)15-6-4-14(24)5-7-15)25-11-26(18)10-13-3-8-16(22)17(23)9-13/h3-9,11-12H,10H2,1-2H3. The summed E-state index contributed by atoms with van der Waals surface area (Å²) in [5.41, 5.74) is 0.724. The van der Waals surface area contributed by atoms with Gasteiger partial charge < -0.3 is 4.57 Å². The van der Waals surface area contributed by atoms with E-state index in [9.17, 15) is 14.0 Å². The lowest BCUT2D eigenvalue weighted by Gasteiger charge is -2.15. The van der Waals surface area contributed by atoms with Gasteiger partial charge in [0.05, 0.1) is 22.1 Å². The molecule has 4 rings (SSSR count). The van der Waals surface area contributed by atoms with Gasteiger partial charge in [0.1, 0.15) is 5.82 Å². The lowest BCUT2D eigenvalue weighted by atomic mass is 10.2. The van der Waals surface area contributed by atoms with Crippen molar-refractivity contribution in [2.45, 2.75) is 26.4 Å². The van der Waals surface area contributed by atoms with Crippen molar-refractivity contribution in [2.75, 3.05) is 0 Å². The zero-order valence-electron chi connectivity index (χ0n) is 16.1. The van der Waals surface area contributed by atoms with Crippen molar-refractivity contribution < 1.29 is 4.39 Å². The molecule has 0 atom stereocenters. The van der Waals surface area contributed by atoms with Crippen molar-refractivity contribution in [2.24, 2.45) is 0 Å². The van der Waals surface area contributed by atoms with Crippen LogP contribution in [-0.2, 0) is 6.54 Å². The maximum atomic E-state index is 13.4. The largest absolute Gasteiger partial charge is 0.337 e. The predicted octanol–water partition coefficient (Wildman–Crippen LogP) is 4.42. The summed E-state index contributed by atoms with van der Waals surface area (Å²) in [5.74, 6) is -0.426. The first kappa shape index (κ1) is 20.4. The van der Waals surface area contributed by atoms with Crippen LogP contribution in [0.4, 0.5) is 4.39 Å². The van der Waals surface area contributed by atoms with Crippen molar-refractivity contribution in [3.63, 3.8) is 0 Å². The molecular formula is C21H17Cl2FN4O2. The van der Waals surface area contributed by atoms with E-state index in [4.69, 9.17) is 23.2 Å². The first-order valence-corrected chi connectivity index (χ1v) is 9.95. The van der Waals surface area contributed by atoms with Gasteiger partial charge in [-0.3, -0.25) is 9.36 Å². The summed E-state index contributed by atoms with van der Waals surface area (Å²) in [5, 5.41) is 0.838. The molecule has 2 aromatic carbocycles. The van der Waals surface area contributed by atoms with Crippen LogP contribution >= 0.6 is 23.2 Å². The highest BCUT2D eigenvalue weighted by atomic mass is 35.5. The number of rotatable bonds is 4. The Bertz CT molecular complexity index is 1370. The van der Waals surface area contributed by atoms with Gasteiger partial charge in [0.2, 0.25) is 0 Å². The molecule has 9 heteroatoms. The Morgan fingerprint density at radius 2 is 1.73 bits per heavy atom. The van der Waals surface area contributed by atoms with Gasteiger partial charge in [0.25, 0.3) is 5.56 Å². The topological polar surface area (TPSA) is 61.8 Å². The number of benzene rings is 2. The lowest BCUT2D eigenvalue weighted by molar-refractivity contribution is 0.538. The quantitative estimate of drug-likeness (QED) is 0.465. The lowest BCUT2D eigenvalue weighted by Crippen LogP contribution is -2.41. The Morgan fingerprint density at radius 1 is 1.03 bits per heavy atom. The number of halogens is 3. The molecule has 30 heavy (non-hydrogen) atoms. The number of hydrogen-bond donors (Lipinski definition) is 0. The van der Waals surface area contributed by atoms with Crippen LogP contribution in [0.5, 0.6) is 0 Å². The van der Waals surface area contributed by atoms with Gasteiger partial charge in [0.15, 0.2) is 11.2 Å². The van der Waals surface area contributed by atoms with Crippen molar-refractivity contribution in [1.29, 1.82) is 0 Å². The van der Waals surface area contributed by atoms with Gasteiger partial charge in [-0.15, -0.1) is 0 Å². The van der Waals surface area contributed by atoms with Gasteiger partial charge >= 0.3 is 5.69 Å². The normalized spacial score (nSPS) is 11.5. The Labute approximate surface area is 180 Å². The van der Waals surface area contributed by atoms with Gasteiger partial charge in [0, 0.05) is 12.6 Å². The summed E-state index contributed by atoms with van der Waals surface area (Å²) in [6.07, 6.45) is 1.50. The van der Waals surface area contributed by atoms with E-state index in [1.807, 2.05) is 0 Å². The number of fused-ring (bicyclic) bond motifs is 1. The van der Waals surface area contributed by atoms with E-state index >= 15 is 0 Å². The number of aromatic nitrogens is 4. The molecule has 0 aliphatic rings. The fourth-order valence-corrected chi connectivity index (χ4v) is 3.71. The predicted molar refractivity (Wildman–Crippen MR) is 115 cm³/mol. The maximum absolute atomic E-state index is 13.4. The molecule has 0 aliphatic carbocycles. The second kappa shape index (κ2) is 7.74. The van der Waals surface area contributed by atoms with E-state index in [-0.39, 0.29) is 17.2 Å². The molecule has 0 N–H and O–H groups in total. The van der Waals surface area contributed by atoms with Gasteiger partial charge in [-0.05, 0) is 55.8 Å². The van der Waals surface area contributed by atoms with E-state index in [1.165, 1.54) is 39.7 Å². The molecule has 0 amide bonds. The molecule has 0 spiro atoms. The van der Waals surface area contributed by atoms with Crippen LogP contribution in [0, 0.1) is 5.82 Å². The smallest absolute Gasteiger partial charge is 0.320 e. The minimum Gasteiger partial charge on any atom is -0.320 e. The van der Waals surface area contributed by atoms with Gasteiger partial charge in [-0.2, -0.15) is 0 Å². The molecule has 0 radical (unpaired) electrons. The molecule has 0 aliphatic heterocycles. The minimum absolute atomic E-state index is 0.202. The summed E-state index contributed by atoms with van der Waals surface area (Å²) in [6, 6.07) is 10.3. The molecule has 6 nitrogen and oxygen atoms in total. The van der Waals surface area contributed by atoms with Crippen LogP contribution in [0.2, 0.25) is 10.0 Å². The molecule has 0 fully saturated rings. The van der Waals surface area contributed by atoms with Crippen LogP contribution in [-0.4, -0.2) is 18.7 Å². The third kappa shape index (κ3) is 3.44. The number of nitrogens with zero attached hydrogens (tertiary/aromatic N) is 4. The van der Waals surface area contributed by atoms with E-state index < -0.39 is 17.1 Å². The highest BCUT2D eigenvalue weighted by molar-refractivity contribution is 6.42. The summed E-state index contributed by atoms with van der Waals surface area (Å²) in [7, 11) is 0. The average molecular weight is 447 g/mol. The van der Waals surface area contributed by atoms with E-state index in [0.29, 0.717) is 22.3 Å². The first-order valence-electron chi connectivity index (χ1n) is 9.20. The second-order valence-corrected chi connectivity index (χ2v) is 7.97. The monoisotopic (exact) mass is 446 g/mol. The Balaban J connectivity index is 1.99. The second-order valence-electron chi connectivity index (χ2n) is 7.16. The molecule has 2 heterocycles. The molecule has 154 valence electrons. The molecule has 0 saturated heterocycles. The van der Waals surface area contributed by atoms with Crippen molar-refractivity contribution in [3.8, 4) is 5.69 Å². The molecular weight excluding hydrogens is 430 g/mol. The SMILES string of the molecule is CC(C)n1c(=O)c2c(ncn2Cc2ccc(Cl)c(Cl)c2)n(-c2ccc(F)cc2)c1=O. The molecule has 0 bridgehead atoms. The fraction of sp³-hybridized carbons (Fsp3) is 0.190. The van der Waals surface area contributed by atoms with E-state index in [1.54, 1.807) is 36.6 Å². The summed E-state index contributed by atoms with van der Waals surface area (Å²) < 4.78 is 17.6. The fourth-order valence-electron chi connectivity index (χ4n) is 3.39. The average Bonchev–Trinajstić information content (AvgIpc) is 3.09. The third-order valence-corrected chi connectivity index (χ3v) is 5.53. The van der Waals surface area contributed by atoms with Crippen LogP contribution in [0.15, 0.2) is 58.4 Å². The number of imidazole rings is 1. The van der Waals surface area contributed by atoms with Gasteiger partial charge in [-0.25, -0.2) is 18.7 Å². The Kier molecular flexibility index (Phi) is 5.26. The Morgan fingerprint density at radius 3 is 2.37 bits per heavy atom. The van der Waals surface area contributed by atoms with E-state index in [2.05, 4.69) is 4.98 Å². The van der Waals surface area contributed by atoms with E-state index in [0.717, 1.165) is 5.56 Å². The highest BCUT2D eigenvalue weighted by Crippen LogP contribution is 2.23. The highest BCUT2D eigenvalue weighted by Gasteiger charge is 2.20. The zero-order valence-corrected chi connectivity index (χ0v) is 17.7. The zero-order chi connectivity index (χ0) is 21.6. The third-order valence-electron chi connectivity index (χ3n) is 4.79. The van der Waals surface area contributed by atoms with Crippen LogP contribution in [0.3, 0.4) is 0 Å². The number of hydrogen-bond acceptors (Lipinski definition) is 3. The van der Waals surface area contributed by atoms with Crippen molar-refractivity contribution in [3.05, 3.63) is 91.1 Å². The van der Waals surface area contributed by atoms with Crippen LogP contribution < -0.4 is 11.2 Å². The van der Waals surface area contributed by atoms with Gasteiger partial charge in [-0.1, -0.05) is 29.3 Å². The first-order chi connectivity index (χ1) is 14.3.